The topological polar surface area (TPSA) is 25.8 Å². The summed E-state index contributed by atoms with van der Waals surface area (Å²) < 4.78 is 0.884. The van der Waals surface area contributed by atoms with Crippen molar-refractivity contribution in [2.45, 2.75) is 6.92 Å². The lowest BCUT2D eigenvalue weighted by molar-refractivity contribution is 1.12. The van der Waals surface area contributed by atoms with Crippen LogP contribution in [0, 0.1) is 6.92 Å². The van der Waals surface area contributed by atoms with E-state index in [1.54, 1.807) is 12.4 Å². The van der Waals surface area contributed by atoms with Crippen molar-refractivity contribution < 1.29 is 0 Å². The second-order valence-corrected chi connectivity index (χ2v) is 4.38. The SMILES string of the molecule is Cc1nccnc1-c1ccc(Br)c(Cl)c1. The number of rotatable bonds is 1. The largest absolute Gasteiger partial charge is 0.258 e. The Morgan fingerprint density at radius 3 is 2.60 bits per heavy atom. The summed E-state index contributed by atoms with van der Waals surface area (Å²) in [6, 6.07) is 5.75. The summed E-state index contributed by atoms with van der Waals surface area (Å²) in [6.45, 7) is 1.93. The Labute approximate surface area is 101 Å². The molecule has 2 rings (SSSR count). The molecule has 1 aromatic heterocycles. The lowest BCUT2D eigenvalue weighted by atomic mass is 10.1. The normalized spacial score (nSPS) is 10.3. The first-order chi connectivity index (χ1) is 7.18. The summed E-state index contributed by atoms with van der Waals surface area (Å²) >= 11 is 9.37. The third kappa shape index (κ3) is 2.19. The average molecular weight is 284 g/mol. The molecule has 0 spiro atoms. The van der Waals surface area contributed by atoms with Gasteiger partial charge in [-0.15, -0.1) is 0 Å². The molecule has 1 heterocycles. The molecule has 0 radical (unpaired) electrons. The molecule has 0 aliphatic carbocycles. The minimum atomic E-state index is 0.678. The van der Waals surface area contributed by atoms with Gasteiger partial charge < -0.3 is 0 Å². The van der Waals surface area contributed by atoms with Gasteiger partial charge >= 0.3 is 0 Å². The molecule has 2 nitrogen and oxygen atoms in total. The zero-order valence-electron chi connectivity index (χ0n) is 8.04. The number of nitrogens with zero attached hydrogens (tertiary/aromatic N) is 2. The van der Waals surface area contributed by atoms with Crippen LogP contribution in [0.1, 0.15) is 5.69 Å². The van der Waals surface area contributed by atoms with Gasteiger partial charge in [-0.3, -0.25) is 9.97 Å². The van der Waals surface area contributed by atoms with Crippen molar-refractivity contribution in [2.75, 3.05) is 0 Å². The van der Waals surface area contributed by atoms with Crippen LogP contribution in [0.4, 0.5) is 0 Å². The fraction of sp³-hybridized carbons (Fsp3) is 0.0909. The summed E-state index contributed by atoms with van der Waals surface area (Å²) in [4.78, 5) is 8.47. The van der Waals surface area contributed by atoms with E-state index in [1.165, 1.54) is 0 Å². The molecule has 15 heavy (non-hydrogen) atoms. The summed E-state index contributed by atoms with van der Waals surface area (Å²) in [5.74, 6) is 0. The summed E-state index contributed by atoms with van der Waals surface area (Å²) in [5.41, 5.74) is 2.75. The zero-order chi connectivity index (χ0) is 10.8. The molecule has 0 unspecified atom stereocenters. The van der Waals surface area contributed by atoms with Gasteiger partial charge in [-0.25, -0.2) is 0 Å². The first kappa shape index (κ1) is 10.6. The maximum absolute atomic E-state index is 6.02. The van der Waals surface area contributed by atoms with E-state index >= 15 is 0 Å². The van der Waals surface area contributed by atoms with Gasteiger partial charge in [-0.05, 0) is 35.0 Å². The molecule has 0 fully saturated rings. The maximum atomic E-state index is 6.02. The number of benzene rings is 1. The lowest BCUT2D eigenvalue weighted by Gasteiger charge is -2.04. The Morgan fingerprint density at radius 2 is 1.93 bits per heavy atom. The first-order valence-electron chi connectivity index (χ1n) is 4.41. The van der Waals surface area contributed by atoms with E-state index in [9.17, 15) is 0 Å². The fourth-order valence-corrected chi connectivity index (χ4v) is 1.76. The predicted octanol–water partition coefficient (Wildman–Crippen LogP) is 3.87. The lowest BCUT2D eigenvalue weighted by Crippen LogP contribution is -1.90. The predicted molar refractivity (Wildman–Crippen MR) is 64.9 cm³/mol. The van der Waals surface area contributed by atoms with Crippen molar-refractivity contribution in [3.05, 3.63) is 45.8 Å². The highest BCUT2D eigenvalue weighted by atomic mass is 79.9. The van der Waals surface area contributed by atoms with Crippen molar-refractivity contribution in [1.29, 1.82) is 0 Å². The van der Waals surface area contributed by atoms with Crippen LogP contribution in [0.2, 0.25) is 5.02 Å². The van der Waals surface area contributed by atoms with E-state index in [4.69, 9.17) is 11.6 Å². The van der Waals surface area contributed by atoms with Gasteiger partial charge in [0, 0.05) is 22.4 Å². The van der Waals surface area contributed by atoms with E-state index < -0.39 is 0 Å². The van der Waals surface area contributed by atoms with Crippen molar-refractivity contribution in [1.82, 2.24) is 9.97 Å². The molecule has 0 aliphatic rings. The van der Waals surface area contributed by atoms with Crippen LogP contribution in [0.5, 0.6) is 0 Å². The summed E-state index contributed by atoms with van der Waals surface area (Å²) in [6.07, 6.45) is 3.36. The maximum Gasteiger partial charge on any atom is 0.0914 e. The Hall–Kier alpha value is -0.930. The Balaban J connectivity index is 2.55. The van der Waals surface area contributed by atoms with Crippen LogP contribution in [-0.2, 0) is 0 Å². The van der Waals surface area contributed by atoms with Gasteiger partial charge in [0.05, 0.1) is 16.4 Å². The molecule has 0 amide bonds. The number of aryl methyl sites for hydroxylation is 1. The second-order valence-electron chi connectivity index (χ2n) is 3.12. The zero-order valence-corrected chi connectivity index (χ0v) is 10.4. The first-order valence-corrected chi connectivity index (χ1v) is 5.58. The molecule has 1 aromatic carbocycles. The molecule has 4 heteroatoms. The van der Waals surface area contributed by atoms with Gasteiger partial charge in [-0.1, -0.05) is 17.7 Å². The molecule has 0 atom stereocenters. The van der Waals surface area contributed by atoms with Crippen molar-refractivity contribution in [2.24, 2.45) is 0 Å². The molecule has 76 valence electrons. The highest BCUT2D eigenvalue weighted by Gasteiger charge is 2.05. The fourth-order valence-electron chi connectivity index (χ4n) is 1.33. The van der Waals surface area contributed by atoms with Crippen molar-refractivity contribution in [3.63, 3.8) is 0 Å². The van der Waals surface area contributed by atoms with Crippen LogP contribution in [-0.4, -0.2) is 9.97 Å². The summed E-state index contributed by atoms with van der Waals surface area (Å²) in [5, 5.41) is 0.678. The van der Waals surface area contributed by atoms with Gasteiger partial charge in [0.2, 0.25) is 0 Å². The van der Waals surface area contributed by atoms with Crippen LogP contribution in [0.25, 0.3) is 11.3 Å². The minimum absolute atomic E-state index is 0.678. The Morgan fingerprint density at radius 1 is 1.20 bits per heavy atom. The van der Waals surface area contributed by atoms with E-state index in [1.807, 2.05) is 25.1 Å². The van der Waals surface area contributed by atoms with Crippen molar-refractivity contribution >= 4 is 27.5 Å². The smallest absolute Gasteiger partial charge is 0.0914 e. The number of hydrogen-bond donors (Lipinski definition) is 0. The highest BCUT2D eigenvalue weighted by Crippen LogP contribution is 2.28. The molecular weight excluding hydrogens is 275 g/mol. The molecular formula is C11H8BrClN2. The quantitative estimate of drug-likeness (QED) is 0.794. The van der Waals surface area contributed by atoms with Gasteiger partial charge in [-0.2, -0.15) is 0 Å². The monoisotopic (exact) mass is 282 g/mol. The van der Waals surface area contributed by atoms with Gasteiger partial charge in [0.1, 0.15) is 0 Å². The van der Waals surface area contributed by atoms with Crippen LogP contribution in [0.15, 0.2) is 35.1 Å². The van der Waals surface area contributed by atoms with E-state index in [0.29, 0.717) is 5.02 Å². The van der Waals surface area contributed by atoms with E-state index in [0.717, 1.165) is 21.4 Å². The van der Waals surface area contributed by atoms with E-state index in [2.05, 4.69) is 25.9 Å². The molecule has 0 saturated carbocycles. The average Bonchev–Trinajstić information content (AvgIpc) is 2.23. The Bertz CT molecular complexity index is 500. The van der Waals surface area contributed by atoms with Crippen LogP contribution in [0.3, 0.4) is 0 Å². The Kier molecular flexibility index (Phi) is 3.03. The number of halogens is 2. The molecule has 0 N–H and O–H groups in total. The highest BCUT2D eigenvalue weighted by molar-refractivity contribution is 9.10. The molecule has 0 bridgehead atoms. The van der Waals surface area contributed by atoms with Crippen molar-refractivity contribution in [3.8, 4) is 11.3 Å². The van der Waals surface area contributed by atoms with E-state index in [-0.39, 0.29) is 0 Å². The second kappa shape index (κ2) is 4.29. The van der Waals surface area contributed by atoms with Gasteiger partial charge in [0.25, 0.3) is 0 Å². The number of hydrogen-bond acceptors (Lipinski definition) is 2. The standard InChI is InChI=1S/C11H8BrClN2/c1-7-11(15-5-4-14-7)8-2-3-9(12)10(13)6-8/h2-6H,1H3. The molecule has 2 aromatic rings. The van der Waals surface area contributed by atoms with Gasteiger partial charge in [0.15, 0.2) is 0 Å². The molecule has 0 saturated heterocycles. The minimum Gasteiger partial charge on any atom is -0.258 e. The number of aromatic nitrogens is 2. The summed E-state index contributed by atoms with van der Waals surface area (Å²) in [7, 11) is 0. The molecule has 0 aliphatic heterocycles. The third-order valence-corrected chi connectivity index (χ3v) is 3.31. The third-order valence-electron chi connectivity index (χ3n) is 2.07. The van der Waals surface area contributed by atoms with Crippen LogP contribution < -0.4 is 0 Å². The van der Waals surface area contributed by atoms with Crippen LogP contribution >= 0.6 is 27.5 Å².